The summed E-state index contributed by atoms with van der Waals surface area (Å²) in [7, 11) is -4.63. The van der Waals surface area contributed by atoms with Crippen LogP contribution in [0.15, 0.2) is 24.3 Å². The van der Waals surface area contributed by atoms with Crippen LogP contribution >= 0.6 is 7.82 Å². The Bertz CT molecular complexity index is 590. The van der Waals surface area contributed by atoms with Crippen LogP contribution in [-0.4, -0.2) is 32.7 Å². The average molecular weight is 378 g/mol. The van der Waals surface area contributed by atoms with Gasteiger partial charge in [0.25, 0.3) is 13.7 Å². The smallest absolute Gasteiger partial charge is 0.265 e. The van der Waals surface area contributed by atoms with E-state index in [9.17, 15) is 23.0 Å². The number of hydrogen-bond acceptors (Lipinski definition) is 6. The van der Waals surface area contributed by atoms with Crippen molar-refractivity contribution >= 4 is 30.7 Å². The van der Waals surface area contributed by atoms with Gasteiger partial charge < -0.3 is 28.9 Å². The monoisotopic (exact) mass is 378 g/mol. The molecule has 2 atom stereocenters. The van der Waals surface area contributed by atoms with Crippen LogP contribution in [0.1, 0.15) is 36.0 Å². The van der Waals surface area contributed by atoms with Crippen LogP contribution in [-0.2, 0) is 20.4 Å². The lowest BCUT2D eigenvalue weighted by molar-refractivity contribution is -0.219. The van der Waals surface area contributed by atoms with Gasteiger partial charge in [0.05, 0.1) is 6.61 Å². The van der Waals surface area contributed by atoms with Crippen LogP contribution in [0, 0.1) is 0 Å². The summed E-state index contributed by atoms with van der Waals surface area (Å²) in [6, 6.07) is 6.00. The highest BCUT2D eigenvalue weighted by Crippen LogP contribution is 2.30. The summed E-state index contributed by atoms with van der Waals surface area (Å²) in [5, 5.41) is 2.73. The lowest BCUT2D eigenvalue weighted by Crippen LogP contribution is -2.24. The maximum Gasteiger partial charge on any atom is 0.265 e. The third kappa shape index (κ3) is 9.76. The maximum atomic E-state index is 11.9. The van der Waals surface area contributed by atoms with Gasteiger partial charge in [-0.05, 0) is 37.1 Å². The van der Waals surface area contributed by atoms with Gasteiger partial charge >= 0.3 is 0 Å². The summed E-state index contributed by atoms with van der Waals surface area (Å²) in [5.74, 6) is -0.263. The molecule has 3 N–H and O–H groups in total. The molecule has 11 heteroatoms. The fourth-order valence-corrected chi connectivity index (χ4v) is 2.54. The number of anilines is 1. The molecular formula is C13H19N2O7PS-2. The van der Waals surface area contributed by atoms with Crippen LogP contribution in [0.25, 0.3) is 0 Å². The third-order valence-electron chi connectivity index (χ3n) is 2.96. The molecule has 0 aliphatic carbocycles. The molecule has 0 heterocycles. The van der Waals surface area contributed by atoms with Gasteiger partial charge in [-0.15, -0.1) is 0 Å². The van der Waals surface area contributed by atoms with Gasteiger partial charge in [0, 0.05) is 29.1 Å². The Labute approximate surface area is 142 Å². The van der Waals surface area contributed by atoms with Crippen LogP contribution in [0.4, 0.5) is 5.69 Å². The van der Waals surface area contributed by atoms with Crippen molar-refractivity contribution in [1.29, 1.82) is 0 Å². The van der Waals surface area contributed by atoms with Crippen molar-refractivity contribution in [3.8, 4) is 0 Å². The van der Waals surface area contributed by atoms with E-state index in [1.54, 1.807) is 0 Å². The second-order valence-electron chi connectivity index (χ2n) is 4.89. The number of unbranched alkanes of at least 4 members (excludes halogenated alkanes) is 3. The second kappa shape index (κ2) is 10.5. The second-order valence-corrected chi connectivity index (χ2v) is 6.75. The summed E-state index contributed by atoms with van der Waals surface area (Å²) in [6.45, 7) is 0.405. The van der Waals surface area contributed by atoms with Crippen LogP contribution in [0.5, 0.6) is 0 Å². The molecule has 1 aromatic carbocycles. The standard InChI is InChI=1S/C13H21N2O7PS/c16-13(11-5-7-12(8-6-11)15-24(20)21)14-9-3-1-2-4-10-22-23(17,18)19/h5-8,15H,1-4,9-10H2,(H,14,16)(H,20,21)(H2,17,18,19)/p-2. The van der Waals surface area contributed by atoms with Gasteiger partial charge in [-0.3, -0.25) is 13.6 Å². The first-order chi connectivity index (χ1) is 11.3. The van der Waals surface area contributed by atoms with Crippen molar-refractivity contribution in [2.75, 3.05) is 17.9 Å². The Morgan fingerprint density at radius 3 is 2.42 bits per heavy atom. The molecule has 1 amide bonds. The summed E-state index contributed by atoms with van der Waals surface area (Å²) < 4.78 is 37.6. The van der Waals surface area contributed by atoms with E-state index in [0.29, 0.717) is 37.1 Å². The molecule has 24 heavy (non-hydrogen) atoms. The molecule has 0 radical (unpaired) electrons. The van der Waals surface area contributed by atoms with Crippen molar-refractivity contribution < 1.29 is 32.4 Å². The zero-order valence-electron chi connectivity index (χ0n) is 12.8. The molecule has 9 nitrogen and oxygen atoms in total. The van der Waals surface area contributed by atoms with E-state index >= 15 is 0 Å². The van der Waals surface area contributed by atoms with E-state index in [1.807, 2.05) is 0 Å². The molecule has 2 unspecified atom stereocenters. The molecule has 0 saturated heterocycles. The van der Waals surface area contributed by atoms with Crippen molar-refractivity contribution in [2.45, 2.75) is 25.7 Å². The van der Waals surface area contributed by atoms with Crippen molar-refractivity contribution in [1.82, 2.24) is 5.32 Å². The molecule has 0 spiro atoms. The Morgan fingerprint density at radius 1 is 1.21 bits per heavy atom. The third-order valence-corrected chi connectivity index (χ3v) is 3.87. The van der Waals surface area contributed by atoms with E-state index in [4.69, 9.17) is 4.89 Å². The number of rotatable bonds is 11. The highest BCUT2D eigenvalue weighted by atomic mass is 32.2. The van der Waals surface area contributed by atoms with Crippen LogP contribution in [0.2, 0.25) is 0 Å². The molecular weight excluding hydrogens is 359 g/mol. The fraction of sp³-hybridized carbons (Fsp3) is 0.462. The molecule has 0 aromatic heterocycles. The minimum Gasteiger partial charge on any atom is -0.756 e. The van der Waals surface area contributed by atoms with Crippen molar-refractivity contribution in [3.63, 3.8) is 0 Å². The summed E-state index contributed by atoms with van der Waals surface area (Å²) in [6.07, 6.45) is 2.70. The summed E-state index contributed by atoms with van der Waals surface area (Å²) >= 11 is -2.41. The van der Waals surface area contributed by atoms with E-state index < -0.39 is 19.1 Å². The molecule has 0 aliphatic rings. The zero-order chi connectivity index (χ0) is 18.0. The summed E-state index contributed by atoms with van der Waals surface area (Å²) in [4.78, 5) is 30.6. The van der Waals surface area contributed by atoms with E-state index in [0.717, 1.165) is 6.42 Å². The van der Waals surface area contributed by atoms with E-state index in [-0.39, 0.29) is 12.5 Å². The molecule has 0 bridgehead atoms. The first-order valence-corrected chi connectivity index (χ1v) is 9.77. The number of carbonyl (C=O) groups is 1. The van der Waals surface area contributed by atoms with Gasteiger partial charge in [-0.1, -0.05) is 12.8 Å². The number of hydrogen-bond donors (Lipinski definition) is 3. The van der Waals surface area contributed by atoms with Gasteiger partial charge in [0.15, 0.2) is 0 Å². The molecule has 0 saturated carbocycles. The zero-order valence-corrected chi connectivity index (χ0v) is 14.5. The van der Waals surface area contributed by atoms with Gasteiger partial charge in [-0.25, -0.2) is 0 Å². The molecule has 0 fully saturated rings. The lowest BCUT2D eigenvalue weighted by Gasteiger charge is -2.14. The SMILES string of the molecule is O=C(NCCCCCCOP(=O)([O-])O)c1ccc(NS(=O)[O-])cc1. The molecule has 0 aliphatic heterocycles. The van der Waals surface area contributed by atoms with E-state index in [1.165, 1.54) is 24.3 Å². The fourth-order valence-electron chi connectivity index (χ4n) is 1.85. The first kappa shape index (κ1) is 20.8. The number of benzene rings is 1. The quantitative estimate of drug-likeness (QED) is 0.291. The maximum absolute atomic E-state index is 11.9. The minimum atomic E-state index is -4.63. The van der Waals surface area contributed by atoms with E-state index in [2.05, 4.69) is 14.6 Å². The Kier molecular flexibility index (Phi) is 9.12. The predicted molar refractivity (Wildman–Crippen MR) is 85.6 cm³/mol. The number of phosphoric ester groups is 1. The van der Waals surface area contributed by atoms with Crippen LogP contribution in [0.3, 0.4) is 0 Å². The van der Waals surface area contributed by atoms with Crippen LogP contribution < -0.4 is 14.9 Å². The summed E-state index contributed by atoms with van der Waals surface area (Å²) in [5.41, 5.74) is 0.785. The number of amides is 1. The van der Waals surface area contributed by atoms with Gasteiger partial charge in [-0.2, -0.15) is 0 Å². The first-order valence-electron chi connectivity index (χ1n) is 7.20. The Balaban J connectivity index is 2.15. The molecule has 1 rings (SSSR count). The number of carbonyl (C=O) groups excluding carboxylic acids is 1. The normalized spacial score (nSPS) is 14.6. The predicted octanol–water partition coefficient (Wildman–Crippen LogP) is 0.660. The largest absolute Gasteiger partial charge is 0.756 e. The topological polar surface area (TPSA) is 151 Å². The van der Waals surface area contributed by atoms with Crippen molar-refractivity contribution in [2.24, 2.45) is 0 Å². The minimum absolute atomic E-state index is 0.0574. The lowest BCUT2D eigenvalue weighted by atomic mass is 10.2. The molecule has 136 valence electrons. The average Bonchev–Trinajstić information content (AvgIpc) is 2.48. The van der Waals surface area contributed by atoms with Gasteiger partial charge in [0.1, 0.15) is 0 Å². The highest BCUT2D eigenvalue weighted by Gasteiger charge is 2.05. The van der Waals surface area contributed by atoms with Gasteiger partial charge in [0.2, 0.25) is 0 Å². The van der Waals surface area contributed by atoms with Crippen molar-refractivity contribution in [3.05, 3.63) is 29.8 Å². The number of phosphoric acid groups is 1. The molecule has 1 aromatic rings. The highest BCUT2D eigenvalue weighted by molar-refractivity contribution is 7.80. The Hall–Kier alpha value is -1.29. The Morgan fingerprint density at radius 2 is 1.83 bits per heavy atom. The number of nitrogens with one attached hydrogen (secondary N) is 2.